The van der Waals surface area contributed by atoms with Gasteiger partial charge in [0.15, 0.2) is 0 Å². The number of hydrogen-bond donors (Lipinski definition) is 2. The molecular weight excluding hydrogens is 571 g/mol. The van der Waals surface area contributed by atoms with E-state index in [9.17, 15) is 10.0 Å². The van der Waals surface area contributed by atoms with Crippen LogP contribution in [0.25, 0.3) is 64.4 Å². The summed E-state index contributed by atoms with van der Waals surface area (Å²) in [6, 6.07) is 42.9. The molecular formula is C40H29BO3S. The molecule has 0 spiro atoms. The Balaban J connectivity index is 1.29. The van der Waals surface area contributed by atoms with Crippen LogP contribution < -0.4 is 5.46 Å². The molecule has 0 saturated carbocycles. The van der Waals surface area contributed by atoms with Crippen LogP contribution in [-0.2, 0) is 6.42 Å². The molecule has 2 aromatic heterocycles. The monoisotopic (exact) mass is 600 g/mol. The fourth-order valence-corrected chi connectivity index (χ4v) is 9.10. The molecule has 2 atom stereocenters. The molecule has 0 aliphatic heterocycles. The van der Waals surface area contributed by atoms with E-state index in [2.05, 4.69) is 110 Å². The first-order valence-corrected chi connectivity index (χ1v) is 16.3. The lowest BCUT2D eigenvalue weighted by molar-refractivity contribution is 0.425. The van der Waals surface area contributed by atoms with Crippen LogP contribution in [0.3, 0.4) is 0 Å². The summed E-state index contributed by atoms with van der Waals surface area (Å²) in [4.78, 5) is 0. The molecule has 1 aliphatic rings. The largest absolute Gasteiger partial charge is 0.492 e. The zero-order valence-electron chi connectivity index (χ0n) is 24.7. The normalized spacial score (nSPS) is 16.2. The highest BCUT2D eigenvalue weighted by atomic mass is 32.1. The van der Waals surface area contributed by atoms with E-state index in [1.165, 1.54) is 53.6 Å². The van der Waals surface area contributed by atoms with Gasteiger partial charge in [0, 0.05) is 42.0 Å². The number of thiophene rings is 1. The second-order valence-electron chi connectivity index (χ2n) is 12.2. The molecule has 2 N–H and O–H groups in total. The summed E-state index contributed by atoms with van der Waals surface area (Å²) in [5, 5.41) is 24.7. The van der Waals surface area contributed by atoms with Crippen molar-refractivity contribution in [1.29, 1.82) is 0 Å². The van der Waals surface area contributed by atoms with Crippen LogP contribution >= 0.6 is 11.3 Å². The Morgan fingerprint density at radius 3 is 2.16 bits per heavy atom. The molecule has 0 fully saturated rings. The van der Waals surface area contributed by atoms with Crippen LogP contribution in [0.1, 0.15) is 35.4 Å². The van der Waals surface area contributed by atoms with E-state index < -0.39 is 7.12 Å². The molecule has 216 valence electrons. The van der Waals surface area contributed by atoms with E-state index in [0.29, 0.717) is 11.0 Å². The Kier molecular flexibility index (Phi) is 6.04. The van der Waals surface area contributed by atoms with Gasteiger partial charge in [-0.1, -0.05) is 128 Å². The van der Waals surface area contributed by atoms with E-state index in [4.69, 9.17) is 4.42 Å². The molecule has 0 radical (unpaired) electrons. The van der Waals surface area contributed by atoms with Gasteiger partial charge in [-0.2, -0.15) is 0 Å². The summed E-state index contributed by atoms with van der Waals surface area (Å²) < 4.78 is 9.21. The first-order valence-electron chi connectivity index (χ1n) is 15.5. The van der Waals surface area contributed by atoms with Gasteiger partial charge < -0.3 is 14.5 Å². The summed E-state index contributed by atoms with van der Waals surface area (Å²) >= 11 is 1.91. The lowest BCUT2D eigenvalue weighted by Crippen LogP contribution is -2.29. The van der Waals surface area contributed by atoms with Crippen molar-refractivity contribution in [1.82, 2.24) is 0 Å². The van der Waals surface area contributed by atoms with Gasteiger partial charge in [-0.25, -0.2) is 0 Å². The van der Waals surface area contributed by atoms with E-state index >= 15 is 0 Å². The van der Waals surface area contributed by atoms with Crippen molar-refractivity contribution in [2.75, 3.05) is 0 Å². The SMILES string of the molecule is CC1c2ccc3c(sc4c(-c5ccccc5)cccc43)c2-c2ccccc2CC1c1cccc2c1oc1c(B(O)O)cccc12. The summed E-state index contributed by atoms with van der Waals surface area (Å²) in [7, 11) is -1.60. The van der Waals surface area contributed by atoms with E-state index in [-0.39, 0.29) is 11.8 Å². The van der Waals surface area contributed by atoms with Gasteiger partial charge in [-0.05, 0) is 51.6 Å². The molecule has 0 amide bonds. The lowest BCUT2D eigenvalue weighted by Gasteiger charge is -2.24. The van der Waals surface area contributed by atoms with E-state index in [1.807, 2.05) is 23.5 Å². The number of hydrogen-bond acceptors (Lipinski definition) is 4. The predicted octanol–water partition coefficient (Wildman–Crippen LogP) is 9.41. The van der Waals surface area contributed by atoms with Crippen molar-refractivity contribution in [3.05, 3.63) is 138 Å². The fourth-order valence-electron chi connectivity index (χ4n) is 7.69. The van der Waals surface area contributed by atoms with Crippen molar-refractivity contribution in [3.8, 4) is 22.3 Å². The average Bonchev–Trinajstić information content (AvgIpc) is 3.62. The fraction of sp³-hybridized carbons (Fsp3) is 0.100. The van der Waals surface area contributed by atoms with Crippen LogP contribution in [-0.4, -0.2) is 17.2 Å². The van der Waals surface area contributed by atoms with Gasteiger partial charge in [0.25, 0.3) is 0 Å². The number of rotatable bonds is 3. The van der Waals surface area contributed by atoms with Gasteiger partial charge in [-0.3, -0.25) is 0 Å². The third kappa shape index (κ3) is 3.98. The second kappa shape index (κ2) is 10.2. The zero-order chi connectivity index (χ0) is 30.2. The highest BCUT2D eigenvalue weighted by molar-refractivity contribution is 7.26. The molecule has 0 saturated heterocycles. The van der Waals surface area contributed by atoms with Crippen LogP contribution in [0.5, 0.6) is 0 Å². The third-order valence-corrected chi connectivity index (χ3v) is 11.1. The molecule has 3 nitrogen and oxygen atoms in total. The van der Waals surface area contributed by atoms with Crippen molar-refractivity contribution in [2.45, 2.75) is 25.2 Å². The van der Waals surface area contributed by atoms with Gasteiger partial charge >= 0.3 is 7.12 Å². The third-order valence-electron chi connectivity index (χ3n) is 9.87. The summed E-state index contributed by atoms with van der Waals surface area (Å²) in [6.45, 7) is 2.36. The highest BCUT2D eigenvalue weighted by Gasteiger charge is 2.33. The van der Waals surface area contributed by atoms with E-state index in [1.54, 1.807) is 6.07 Å². The van der Waals surface area contributed by atoms with Crippen LogP contribution in [0, 0.1) is 0 Å². The van der Waals surface area contributed by atoms with Crippen LogP contribution in [0.2, 0.25) is 0 Å². The van der Waals surface area contributed by atoms with Crippen molar-refractivity contribution in [3.63, 3.8) is 0 Å². The van der Waals surface area contributed by atoms with Crippen LogP contribution in [0.15, 0.2) is 126 Å². The maximum absolute atomic E-state index is 10.1. The Hall–Kier alpha value is -4.68. The van der Waals surface area contributed by atoms with Gasteiger partial charge in [0.1, 0.15) is 11.2 Å². The minimum Gasteiger partial charge on any atom is -0.456 e. The number of para-hydroxylation sites is 2. The summed E-state index contributed by atoms with van der Waals surface area (Å²) in [5.74, 6) is 0.364. The average molecular weight is 601 g/mol. The molecule has 1 aliphatic carbocycles. The number of fused-ring (bicyclic) bond motifs is 10. The first-order chi connectivity index (χ1) is 22.1. The molecule has 6 aromatic carbocycles. The molecule has 5 heteroatoms. The highest BCUT2D eigenvalue weighted by Crippen LogP contribution is 2.52. The van der Waals surface area contributed by atoms with Gasteiger partial charge in [0.05, 0.1) is 0 Å². The molecule has 2 unspecified atom stereocenters. The predicted molar refractivity (Wildman–Crippen MR) is 189 cm³/mol. The Morgan fingerprint density at radius 1 is 0.622 bits per heavy atom. The number of furan rings is 1. The van der Waals surface area contributed by atoms with Crippen molar-refractivity contribution in [2.24, 2.45) is 0 Å². The summed E-state index contributed by atoms with van der Waals surface area (Å²) in [6.07, 6.45) is 0.874. The van der Waals surface area contributed by atoms with Gasteiger partial charge in [0.2, 0.25) is 0 Å². The zero-order valence-corrected chi connectivity index (χ0v) is 25.5. The van der Waals surface area contributed by atoms with Crippen LogP contribution in [0.4, 0.5) is 0 Å². The van der Waals surface area contributed by atoms with E-state index in [0.717, 1.165) is 28.3 Å². The minimum absolute atomic E-state index is 0.158. The smallest absolute Gasteiger partial charge is 0.456 e. The summed E-state index contributed by atoms with van der Waals surface area (Å²) in [5.41, 5.74) is 10.8. The molecule has 45 heavy (non-hydrogen) atoms. The maximum Gasteiger partial charge on any atom is 0.492 e. The minimum atomic E-state index is -1.60. The standard InChI is InChI=1S/C40H29BO3S/c1-23-26-20-21-33-32-18-7-14-28(24-10-3-2-4-11-24)39(32)45-40(33)36(26)27-13-6-5-12-25(27)22-34(23)31-16-8-15-29-30-17-9-19-35(41(42)43)38(30)44-37(29)31/h2-21,23,34,42-43H,22H2,1H3. The topological polar surface area (TPSA) is 53.6 Å². The number of benzene rings is 6. The van der Waals surface area contributed by atoms with Crippen molar-refractivity contribution >= 4 is 66.0 Å². The lowest BCUT2D eigenvalue weighted by atomic mass is 9.79. The Bertz CT molecular complexity index is 2420. The molecule has 9 rings (SSSR count). The maximum atomic E-state index is 10.1. The Morgan fingerprint density at radius 2 is 1.31 bits per heavy atom. The van der Waals surface area contributed by atoms with Gasteiger partial charge in [-0.15, -0.1) is 11.3 Å². The second-order valence-corrected chi connectivity index (χ2v) is 13.3. The molecule has 8 aromatic rings. The quantitative estimate of drug-likeness (QED) is 0.199. The Labute approximate surface area is 265 Å². The first kappa shape index (κ1) is 26.7. The molecule has 0 bridgehead atoms. The van der Waals surface area contributed by atoms with Crippen molar-refractivity contribution < 1.29 is 14.5 Å². The molecule has 2 heterocycles.